The van der Waals surface area contributed by atoms with Crippen molar-refractivity contribution in [2.24, 2.45) is 4.99 Å². The Morgan fingerprint density at radius 1 is 1.23 bits per heavy atom. The first kappa shape index (κ1) is 20.1. The number of nitrogens with zero attached hydrogens (tertiary/aromatic N) is 2. The Morgan fingerprint density at radius 2 is 1.97 bits per heavy atom. The van der Waals surface area contributed by atoms with E-state index in [2.05, 4.69) is 10.3 Å². The van der Waals surface area contributed by atoms with Crippen LogP contribution in [0.2, 0.25) is 0 Å². The van der Waals surface area contributed by atoms with Crippen molar-refractivity contribution in [3.63, 3.8) is 0 Å². The molecule has 1 aromatic heterocycles. The summed E-state index contributed by atoms with van der Waals surface area (Å²) < 4.78 is 5.18. The van der Waals surface area contributed by atoms with Gasteiger partial charge in [-0.3, -0.25) is 15.1 Å². The largest absolute Gasteiger partial charge is 0.507 e. The van der Waals surface area contributed by atoms with Crippen LogP contribution in [0.3, 0.4) is 0 Å². The first-order chi connectivity index (χ1) is 14.9. The highest BCUT2D eigenvalue weighted by Crippen LogP contribution is 2.31. The minimum atomic E-state index is -0.645. The molecule has 8 nitrogen and oxygen atoms in total. The van der Waals surface area contributed by atoms with E-state index in [4.69, 9.17) is 4.42 Å². The number of nitro groups is 1. The Labute approximate surface area is 177 Å². The van der Waals surface area contributed by atoms with Crippen LogP contribution >= 0.6 is 0 Å². The Hall–Kier alpha value is -4.20. The van der Waals surface area contributed by atoms with Crippen molar-refractivity contribution in [1.82, 2.24) is 0 Å². The number of hydrogen-bond acceptors (Lipinski definition) is 7. The number of benzene rings is 2. The predicted molar refractivity (Wildman–Crippen MR) is 118 cm³/mol. The lowest BCUT2D eigenvalue weighted by Crippen LogP contribution is -2.23. The molecule has 0 amide bonds. The molecule has 1 atom stereocenters. The molecule has 0 saturated heterocycles. The van der Waals surface area contributed by atoms with E-state index in [0.29, 0.717) is 23.6 Å². The van der Waals surface area contributed by atoms with Crippen molar-refractivity contribution in [3.8, 4) is 5.75 Å². The summed E-state index contributed by atoms with van der Waals surface area (Å²) in [4.78, 5) is 27.5. The maximum Gasteiger partial charge on any atom is 0.348 e. The molecule has 2 aromatic carbocycles. The molecule has 0 unspecified atom stereocenters. The average molecular weight is 417 g/mol. The van der Waals surface area contributed by atoms with Gasteiger partial charge in [0.1, 0.15) is 17.1 Å². The molecule has 0 saturated carbocycles. The van der Waals surface area contributed by atoms with Gasteiger partial charge in [-0.2, -0.15) is 0 Å². The summed E-state index contributed by atoms with van der Waals surface area (Å²) in [5.41, 5.74) is 2.04. The van der Waals surface area contributed by atoms with Crippen LogP contribution in [-0.2, 0) is 0 Å². The predicted octanol–water partition coefficient (Wildman–Crippen LogP) is 4.58. The summed E-state index contributed by atoms with van der Waals surface area (Å²) >= 11 is 0. The maximum absolute atomic E-state index is 12.5. The van der Waals surface area contributed by atoms with Crippen LogP contribution < -0.4 is 10.9 Å². The van der Waals surface area contributed by atoms with Gasteiger partial charge >= 0.3 is 5.63 Å². The van der Waals surface area contributed by atoms with E-state index in [9.17, 15) is 20.0 Å². The minimum absolute atomic E-state index is 0.0228. The molecule has 31 heavy (non-hydrogen) atoms. The van der Waals surface area contributed by atoms with Crippen LogP contribution in [-0.4, -0.2) is 21.8 Å². The summed E-state index contributed by atoms with van der Waals surface area (Å²) in [6, 6.07) is 14.8. The van der Waals surface area contributed by atoms with Crippen LogP contribution in [0.25, 0.3) is 6.08 Å². The molecule has 0 spiro atoms. The van der Waals surface area contributed by atoms with Gasteiger partial charge in [-0.15, -0.1) is 0 Å². The van der Waals surface area contributed by atoms with Crippen LogP contribution in [0.15, 0.2) is 74.9 Å². The number of fused-ring (bicyclic) bond motifs is 1. The van der Waals surface area contributed by atoms with Gasteiger partial charge in [0, 0.05) is 24.6 Å². The Kier molecular flexibility index (Phi) is 5.36. The van der Waals surface area contributed by atoms with E-state index in [0.717, 1.165) is 11.3 Å². The van der Waals surface area contributed by atoms with E-state index in [1.54, 1.807) is 19.1 Å². The van der Waals surface area contributed by atoms with Gasteiger partial charge in [0.2, 0.25) is 0 Å². The van der Waals surface area contributed by atoms with Crippen LogP contribution in [0.5, 0.6) is 5.75 Å². The number of non-ortho nitro benzene ring substituents is 1. The number of aryl methyl sites for hydroxylation is 1. The zero-order chi connectivity index (χ0) is 22.0. The fourth-order valence-corrected chi connectivity index (χ4v) is 3.41. The van der Waals surface area contributed by atoms with E-state index in [1.165, 1.54) is 18.2 Å². The molecule has 0 bridgehead atoms. The van der Waals surface area contributed by atoms with Gasteiger partial charge in [-0.1, -0.05) is 24.3 Å². The monoisotopic (exact) mass is 417 g/mol. The molecule has 2 N–H and O–H groups in total. The lowest BCUT2D eigenvalue weighted by molar-refractivity contribution is -0.384. The summed E-state index contributed by atoms with van der Waals surface area (Å²) in [6.45, 7) is 1.59. The molecule has 1 aliphatic rings. The van der Waals surface area contributed by atoms with E-state index in [1.807, 2.05) is 36.4 Å². The van der Waals surface area contributed by atoms with Crippen LogP contribution in [0.4, 0.5) is 17.1 Å². The van der Waals surface area contributed by atoms with Gasteiger partial charge in [-0.05, 0) is 36.8 Å². The molecule has 0 fully saturated rings. The number of nitrogens with one attached hydrogen (secondary N) is 1. The second-order valence-electron chi connectivity index (χ2n) is 7.14. The minimum Gasteiger partial charge on any atom is -0.507 e. The molecule has 156 valence electrons. The van der Waals surface area contributed by atoms with E-state index < -0.39 is 10.5 Å². The molecule has 1 aliphatic heterocycles. The molecule has 0 aliphatic carbocycles. The van der Waals surface area contributed by atoms with Crippen LogP contribution in [0, 0.1) is 17.0 Å². The molecule has 0 radical (unpaired) electrons. The number of para-hydroxylation sites is 2. The number of rotatable bonds is 4. The van der Waals surface area contributed by atoms with Gasteiger partial charge in [-0.25, -0.2) is 4.79 Å². The molecule has 3 aromatic rings. The molecule has 2 heterocycles. The number of anilines is 1. The van der Waals surface area contributed by atoms with Crippen LogP contribution in [0.1, 0.15) is 23.3 Å². The highest BCUT2D eigenvalue weighted by atomic mass is 16.6. The smallest absolute Gasteiger partial charge is 0.348 e. The Balaban J connectivity index is 1.70. The van der Waals surface area contributed by atoms with Gasteiger partial charge < -0.3 is 14.8 Å². The topological polar surface area (TPSA) is 118 Å². The van der Waals surface area contributed by atoms with Crippen molar-refractivity contribution in [1.29, 1.82) is 0 Å². The van der Waals surface area contributed by atoms with Crippen molar-refractivity contribution in [2.45, 2.75) is 19.4 Å². The molecular weight excluding hydrogens is 398 g/mol. The fourth-order valence-electron chi connectivity index (χ4n) is 3.41. The lowest BCUT2D eigenvalue weighted by Gasteiger charge is -2.15. The Bertz CT molecular complexity index is 1260. The van der Waals surface area contributed by atoms with E-state index in [-0.39, 0.29) is 23.0 Å². The van der Waals surface area contributed by atoms with Crippen molar-refractivity contribution < 1.29 is 14.4 Å². The molecular formula is C23H19N3O5. The number of nitro benzene ring substituents is 1. The average Bonchev–Trinajstić information content (AvgIpc) is 2.91. The van der Waals surface area contributed by atoms with Crippen molar-refractivity contribution in [3.05, 3.63) is 98.1 Å². The summed E-state index contributed by atoms with van der Waals surface area (Å²) in [5, 5.41) is 24.6. The van der Waals surface area contributed by atoms with Gasteiger partial charge in [0.05, 0.1) is 28.1 Å². The first-order valence-corrected chi connectivity index (χ1v) is 9.60. The zero-order valence-corrected chi connectivity index (χ0v) is 16.6. The quantitative estimate of drug-likeness (QED) is 0.474. The van der Waals surface area contributed by atoms with E-state index >= 15 is 0 Å². The molecule has 8 heteroatoms. The highest BCUT2D eigenvalue weighted by Gasteiger charge is 2.23. The zero-order valence-electron chi connectivity index (χ0n) is 16.6. The molecule has 4 rings (SSSR count). The van der Waals surface area contributed by atoms with Crippen molar-refractivity contribution in [2.75, 3.05) is 5.32 Å². The third-order valence-corrected chi connectivity index (χ3v) is 4.88. The third kappa shape index (κ3) is 4.37. The van der Waals surface area contributed by atoms with Gasteiger partial charge in [0.15, 0.2) is 0 Å². The number of aliphatic imine (C=N–C) groups is 1. The lowest BCUT2D eigenvalue weighted by atomic mass is 10.0. The second-order valence-corrected chi connectivity index (χ2v) is 7.14. The summed E-state index contributed by atoms with van der Waals surface area (Å²) in [7, 11) is 0. The third-order valence-electron chi connectivity index (χ3n) is 4.88. The maximum atomic E-state index is 12.5. The first-order valence-electron chi connectivity index (χ1n) is 9.60. The van der Waals surface area contributed by atoms with Crippen molar-refractivity contribution >= 4 is 28.8 Å². The van der Waals surface area contributed by atoms with Gasteiger partial charge in [0.25, 0.3) is 5.69 Å². The SMILES string of the molecule is Cc1cc(O)c(C2=Nc3ccccc3N[C@@H](/C=C/c3ccc([N+](=O)[O-])cc3)C2)c(=O)o1. The normalized spacial score (nSPS) is 15.6. The summed E-state index contributed by atoms with van der Waals surface area (Å²) in [5.74, 6) is 0.138. The summed E-state index contributed by atoms with van der Waals surface area (Å²) in [6.07, 6.45) is 4.05. The standard InChI is InChI=1S/C23H19N3O5/c1-14-12-21(27)22(23(28)31-14)20-13-16(24-18-4-2-3-5-19(18)25-20)9-6-15-7-10-17(11-8-15)26(29)30/h2-12,16,24,27H,13H2,1H3/b9-6+/t16-/m0/s1. The highest BCUT2D eigenvalue weighted by molar-refractivity contribution is 6.05. The second kappa shape index (κ2) is 8.27. The fraction of sp³-hybridized carbons (Fsp3) is 0.130. The number of hydrogen-bond donors (Lipinski definition) is 2. The number of aromatic hydroxyl groups is 1. The Morgan fingerprint density at radius 3 is 2.68 bits per heavy atom.